The number of aliphatic imine (C=N–C) groups is 1. The Balaban J connectivity index is 1.87. The van der Waals surface area contributed by atoms with Crippen LogP contribution >= 0.6 is 11.3 Å². The summed E-state index contributed by atoms with van der Waals surface area (Å²) in [6.45, 7) is 7.83. The van der Waals surface area contributed by atoms with E-state index in [1.165, 1.54) is 4.88 Å². The first kappa shape index (κ1) is 21.9. The highest BCUT2D eigenvalue weighted by Gasteiger charge is 2.32. The number of hydrogen-bond acceptors (Lipinski definition) is 7. The van der Waals surface area contributed by atoms with Gasteiger partial charge in [0.1, 0.15) is 16.9 Å². The minimum Gasteiger partial charge on any atom is -0.392 e. The quantitative estimate of drug-likeness (QED) is 0.623. The molecule has 1 aliphatic heterocycles. The Hall–Kier alpha value is -3.35. The van der Waals surface area contributed by atoms with Crippen LogP contribution < -0.4 is 5.32 Å². The number of carbonyl (C=O) groups excluding carboxylic acids is 1. The largest absolute Gasteiger partial charge is 0.392 e. The van der Waals surface area contributed by atoms with E-state index in [0.29, 0.717) is 11.4 Å². The van der Waals surface area contributed by atoms with Gasteiger partial charge in [0.2, 0.25) is 5.91 Å². The van der Waals surface area contributed by atoms with E-state index in [1.807, 2.05) is 23.6 Å². The van der Waals surface area contributed by atoms with E-state index in [0.717, 1.165) is 33.2 Å². The lowest BCUT2D eigenvalue weighted by atomic mass is 9.99. The maximum absolute atomic E-state index is 12.6. The molecule has 0 fully saturated rings. The number of hydrogen-bond donors (Lipinski definition) is 2. The summed E-state index contributed by atoms with van der Waals surface area (Å²) in [6.07, 6.45) is -0.549. The van der Waals surface area contributed by atoms with Crippen molar-refractivity contribution < 1.29 is 9.90 Å². The number of thiophene rings is 1. The van der Waals surface area contributed by atoms with Crippen molar-refractivity contribution in [2.45, 2.75) is 46.3 Å². The molecule has 2 aromatic heterocycles. The van der Waals surface area contributed by atoms with Crippen molar-refractivity contribution in [1.29, 1.82) is 5.26 Å². The zero-order chi connectivity index (χ0) is 23.0. The number of aromatic nitrogens is 3. The van der Waals surface area contributed by atoms with Crippen LogP contribution in [0.15, 0.2) is 29.3 Å². The fourth-order valence-electron chi connectivity index (χ4n) is 3.74. The second-order valence-electron chi connectivity index (χ2n) is 7.94. The van der Waals surface area contributed by atoms with Gasteiger partial charge in [0.15, 0.2) is 5.82 Å². The van der Waals surface area contributed by atoms with Gasteiger partial charge in [-0.2, -0.15) is 5.26 Å². The van der Waals surface area contributed by atoms with E-state index in [2.05, 4.69) is 35.4 Å². The minimum absolute atomic E-state index is 0.0810. The van der Waals surface area contributed by atoms with Crippen LogP contribution in [-0.2, 0) is 4.79 Å². The van der Waals surface area contributed by atoms with Crippen LogP contribution in [0.1, 0.15) is 58.2 Å². The molecule has 8 nitrogen and oxygen atoms in total. The van der Waals surface area contributed by atoms with Gasteiger partial charge in [0, 0.05) is 22.5 Å². The minimum atomic E-state index is -0.630. The molecule has 4 rings (SSSR count). The number of carbonyl (C=O) groups is 1. The summed E-state index contributed by atoms with van der Waals surface area (Å²) in [4.78, 5) is 18.8. The predicted octanol–water partition coefficient (Wildman–Crippen LogP) is 2.90. The van der Waals surface area contributed by atoms with Crippen LogP contribution in [0.4, 0.5) is 0 Å². The summed E-state index contributed by atoms with van der Waals surface area (Å²) in [6, 6.07) is 8.91. The Kier molecular flexibility index (Phi) is 5.91. The van der Waals surface area contributed by atoms with Crippen LogP contribution in [0, 0.1) is 32.1 Å². The summed E-state index contributed by atoms with van der Waals surface area (Å²) in [5, 5.41) is 31.1. The Morgan fingerprint density at radius 1 is 1.28 bits per heavy atom. The van der Waals surface area contributed by atoms with Crippen molar-refractivity contribution >= 4 is 23.0 Å². The van der Waals surface area contributed by atoms with E-state index in [-0.39, 0.29) is 18.9 Å². The average molecular weight is 449 g/mol. The molecule has 2 N–H and O–H groups in total. The molecule has 2 atom stereocenters. The highest BCUT2D eigenvalue weighted by Crippen LogP contribution is 2.39. The van der Waals surface area contributed by atoms with Gasteiger partial charge in [-0.05, 0) is 45.4 Å². The van der Waals surface area contributed by atoms with Gasteiger partial charge in [-0.1, -0.05) is 12.1 Å². The van der Waals surface area contributed by atoms with Gasteiger partial charge >= 0.3 is 0 Å². The average Bonchev–Trinajstić information content (AvgIpc) is 3.24. The standard InChI is InChI=1S/C23H24N6O2S/c1-12(30)11-25-19(31)9-18-22-28-27-15(4)29(22)23-20(13(2)14(3)32-23)21(26-18)17-7-5-16(10-24)6-8-17/h5-8,12,18,30H,9,11H2,1-4H3,(H,25,31)/t12-,18+/m1/s1. The fraction of sp³-hybridized carbons (Fsp3) is 0.348. The fourth-order valence-corrected chi connectivity index (χ4v) is 4.95. The van der Waals surface area contributed by atoms with E-state index in [1.54, 1.807) is 30.4 Å². The number of nitrogens with one attached hydrogen (secondary N) is 1. The lowest BCUT2D eigenvalue weighted by molar-refractivity contribution is -0.121. The predicted molar refractivity (Wildman–Crippen MR) is 122 cm³/mol. The van der Waals surface area contributed by atoms with Crippen molar-refractivity contribution in [2.75, 3.05) is 6.54 Å². The van der Waals surface area contributed by atoms with Crippen LogP contribution in [0.25, 0.3) is 5.00 Å². The zero-order valence-electron chi connectivity index (χ0n) is 18.4. The number of benzene rings is 1. The molecule has 0 bridgehead atoms. The van der Waals surface area contributed by atoms with Crippen molar-refractivity contribution in [2.24, 2.45) is 4.99 Å². The van der Waals surface area contributed by atoms with E-state index < -0.39 is 12.1 Å². The molecule has 0 unspecified atom stereocenters. The Morgan fingerprint density at radius 2 is 2.00 bits per heavy atom. The third-order valence-corrected chi connectivity index (χ3v) is 6.69. The molecule has 3 heterocycles. The van der Waals surface area contributed by atoms with Gasteiger partial charge in [-0.25, -0.2) is 0 Å². The van der Waals surface area contributed by atoms with Crippen LogP contribution in [0.2, 0.25) is 0 Å². The lowest BCUT2D eigenvalue weighted by Crippen LogP contribution is -2.31. The highest BCUT2D eigenvalue weighted by molar-refractivity contribution is 7.15. The molecule has 0 radical (unpaired) electrons. The second kappa shape index (κ2) is 8.65. The maximum Gasteiger partial charge on any atom is 0.222 e. The Labute approximate surface area is 190 Å². The first-order chi connectivity index (χ1) is 15.3. The number of nitriles is 1. The molecule has 1 amide bonds. The van der Waals surface area contributed by atoms with Gasteiger partial charge in [0.05, 0.1) is 29.9 Å². The highest BCUT2D eigenvalue weighted by atomic mass is 32.1. The van der Waals surface area contributed by atoms with Crippen LogP contribution in [-0.4, -0.2) is 44.1 Å². The molecule has 0 saturated heterocycles. The number of aliphatic hydroxyl groups is 1. The molecule has 9 heteroatoms. The van der Waals surface area contributed by atoms with Gasteiger partial charge < -0.3 is 10.4 Å². The molecule has 1 aromatic carbocycles. The number of aliphatic hydroxyl groups excluding tert-OH is 1. The molecule has 0 spiro atoms. The molecule has 3 aromatic rings. The molecule has 32 heavy (non-hydrogen) atoms. The normalized spacial score (nSPS) is 15.8. The lowest BCUT2D eigenvalue weighted by Gasteiger charge is -2.13. The zero-order valence-corrected chi connectivity index (χ0v) is 19.2. The summed E-state index contributed by atoms with van der Waals surface area (Å²) < 4.78 is 1.99. The first-order valence-corrected chi connectivity index (χ1v) is 11.2. The third kappa shape index (κ3) is 3.95. The van der Waals surface area contributed by atoms with Gasteiger partial charge in [-0.15, -0.1) is 21.5 Å². The topological polar surface area (TPSA) is 116 Å². The summed E-state index contributed by atoms with van der Waals surface area (Å²) >= 11 is 1.65. The summed E-state index contributed by atoms with van der Waals surface area (Å²) in [5.41, 5.74) is 4.32. The van der Waals surface area contributed by atoms with Gasteiger partial charge in [0.25, 0.3) is 0 Å². The number of aryl methyl sites for hydroxylation is 2. The van der Waals surface area contributed by atoms with Crippen molar-refractivity contribution in [3.63, 3.8) is 0 Å². The van der Waals surface area contributed by atoms with E-state index in [9.17, 15) is 15.2 Å². The SMILES string of the molecule is Cc1sc2c(c1C)C(c1ccc(C#N)cc1)=N[C@@H](CC(=O)NC[C@@H](C)O)c1nnc(C)n1-2. The number of rotatable bonds is 5. The molecule has 0 saturated carbocycles. The maximum atomic E-state index is 12.6. The van der Waals surface area contributed by atoms with Crippen molar-refractivity contribution in [1.82, 2.24) is 20.1 Å². The first-order valence-electron chi connectivity index (χ1n) is 10.4. The van der Waals surface area contributed by atoms with E-state index >= 15 is 0 Å². The Bertz CT molecular complexity index is 1250. The van der Waals surface area contributed by atoms with Crippen molar-refractivity contribution in [3.8, 4) is 11.1 Å². The molecular formula is C23H24N6O2S. The van der Waals surface area contributed by atoms with Crippen LogP contribution in [0.5, 0.6) is 0 Å². The third-order valence-electron chi connectivity index (χ3n) is 5.50. The van der Waals surface area contributed by atoms with E-state index in [4.69, 9.17) is 4.99 Å². The summed E-state index contributed by atoms with van der Waals surface area (Å²) in [5.74, 6) is 1.12. The molecular weight excluding hydrogens is 424 g/mol. The Morgan fingerprint density at radius 3 is 2.66 bits per heavy atom. The summed E-state index contributed by atoms with van der Waals surface area (Å²) in [7, 11) is 0. The second-order valence-corrected chi connectivity index (χ2v) is 9.15. The van der Waals surface area contributed by atoms with Crippen molar-refractivity contribution in [3.05, 3.63) is 63.0 Å². The number of amides is 1. The monoisotopic (exact) mass is 448 g/mol. The molecule has 164 valence electrons. The number of nitrogens with zero attached hydrogens (tertiary/aromatic N) is 5. The van der Waals surface area contributed by atoms with Crippen LogP contribution in [0.3, 0.4) is 0 Å². The molecule has 1 aliphatic rings. The van der Waals surface area contributed by atoms with Gasteiger partial charge in [-0.3, -0.25) is 14.4 Å². The smallest absolute Gasteiger partial charge is 0.222 e. The molecule has 0 aliphatic carbocycles. The number of fused-ring (bicyclic) bond motifs is 3.